The molecule has 66 valence electrons. The summed E-state index contributed by atoms with van der Waals surface area (Å²) in [7, 11) is 1.53. The molecule has 1 N–H and O–H groups in total. The fraction of sp³-hybridized carbons (Fsp3) is 0.143. The topological polar surface area (TPSA) is 29.5 Å². The van der Waals surface area contributed by atoms with Gasteiger partial charge < -0.3 is 9.29 Å². The highest BCUT2D eigenvalue weighted by Crippen LogP contribution is 2.38. The molecule has 12 heavy (non-hydrogen) atoms. The van der Waals surface area contributed by atoms with Gasteiger partial charge in [0.05, 0.1) is 17.0 Å². The minimum Gasteiger partial charge on any atom is -0.506 e. The number of rotatable bonds is 2. The van der Waals surface area contributed by atoms with Gasteiger partial charge >= 0.3 is 0 Å². The quantitative estimate of drug-likeness (QED) is 0.782. The van der Waals surface area contributed by atoms with Crippen molar-refractivity contribution in [2.45, 2.75) is 4.90 Å². The Morgan fingerprint density at radius 2 is 2.00 bits per heavy atom. The smallest absolute Gasteiger partial charge is 0.135 e. The standard InChI is InChI=1S/C7H6Cl2O2S/c1-11-12-5-3-2-4(10)6(8)7(5)9/h2-3,10H,1H3. The third kappa shape index (κ3) is 1.98. The third-order valence-electron chi connectivity index (χ3n) is 1.20. The van der Waals surface area contributed by atoms with E-state index >= 15 is 0 Å². The summed E-state index contributed by atoms with van der Waals surface area (Å²) in [5, 5.41) is 9.59. The van der Waals surface area contributed by atoms with Gasteiger partial charge in [0.2, 0.25) is 0 Å². The molecule has 0 fully saturated rings. The summed E-state index contributed by atoms with van der Waals surface area (Å²) in [5.74, 6) is -0.0258. The van der Waals surface area contributed by atoms with Crippen LogP contribution in [0.2, 0.25) is 10.0 Å². The first-order valence-electron chi connectivity index (χ1n) is 3.04. The molecule has 0 aliphatic rings. The van der Waals surface area contributed by atoms with E-state index in [1.165, 1.54) is 13.2 Å². The molecule has 0 unspecified atom stereocenters. The second-order valence-corrected chi connectivity index (χ2v) is 3.66. The molecule has 0 bridgehead atoms. The number of hydrogen-bond acceptors (Lipinski definition) is 3. The Morgan fingerprint density at radius 1 is 1.33 bits per heavy atom. The molecule has 0 aromatic heterocycles. The monoisotopic (exact) mass is 224 g/mol. The Kier molecular flexibility index (Phi) is 3.53. The molecule has 1 rings (SSSR count). The zero-order valence-corrected chi connectivity index (χ0v) is 8.50. The molecular weight excluding hydrogens is 219 g/mol. The lowest BCUT2D eigenvalue weighted by Gasteiger charge is -2.04. The lowest BCUT2D eigenvalue weighted by molar-refractivity contribution is 0.474. The van der Waals surface area contributed by atoms with Crippen molar-refractivity contribution in [3.63, 3.8) is 0 Å². The number of aromatic hydroxyl groups is 1. The molecule has 0 amide bonds. The maximum atomic E-state index is 9.13. The van der Waals surface area contributed by atoms with Crippen molar-refractivity contribution in [2.75, 3.05) is 7.11 Å². The van der Waals surface area contributed by atoms with Crippen LogP contribution in [-0.2, 0) is 4.18 Å². The molecule has 5 heteroatoms. The van der Waals surface area contributed by atoms with Crippen molar-refractivity contribution in [1.29, 1.82) is 0 Å². The van der Waals surface area contributed by atoms with Gasteiger partial charge in [0.15, 0.2) is 0 Å². The predicted molar refractivity (Wildman–Crippen MR) is 51.0 cm³/mol. The predicted octanol–water partition coefficient (Wildman–Crippen LogP) is 3.35. The maximum absolute atomic E-state index is 9.13. The van der Waals surface area contributed by atoms with Crippen LogP contribution in [0.25, 0.3) is 0 Å². The van der Waals surface area contributed by atoms with Crippen LogP contribution >= 0.6 is 35.2 Å². The lowest BCUT2D eigenvalue weighted by atomic mass is 10.3. The van der Waals surface area contributed by atoms with Crippen molar-refractivity contribution in [3.05, 3.63) is 22.2 Å². The first kappa shape index (κ1) is 9.99. The second kappa shape index (κ2) is 4.23. The highest BCUT2D eigenvalue weighted by atomic mass is 35.5. The Hall–Kier alpha value is -0.0900. The molecule has 2 nitrogen and oxygen atoms in total. The van der Waals surface area contributed by atoms with E-state index in [1.807, 2.05) is 0 Å². The van der Waals surface area contributed by atoms with E-state index in [1.54, 1.807) is 6.07 Å². The van der Waals surface area contributed by atoms with Gasteiger partial charge in [0.1, 0.15) is 10.8 Å². The fourth-order valence-corrected chi connectivity index (χ4v) is 1.63. The van der Waals surface area contributed by atoms with E-state index < -0.39 is 0 Å². The van der Waals surface area contributed by atoms with E-state index in [4.69, 9.17) is 32.5 Å². The van der Waals surface area contributed by atoms with Gasteiger partial charge in [-0.15, -0.1) is 0 Å². The Labute approximate surface area is 84.6 Å². The van der Waals surface area contributed by atoms with Crippen molar-refractivity contribution in [2.24, 2.45) is 0 Å². The molecule has 0 heterocycles. The molecule has 1 aromatic carbocycles. The summed E-state index contributed by atoms with van der Waals surface area (Å²) in [4.78, 5) is 0.682. The van der Waals surface area contributed by atoms with Crippen LogP contribution in [0.1, 0.15) is 0 Å². The molecule has 0 saturated heterocycles. The van der Waals surface area contributed by atoms with Gasteiger partial charge in [0, 0.05) is 12.0 Å². The summed E-state index contributed by atoms with van der Waals surface area (Å²) < 4.78 is 4.80. The fourth-order valence-electron chi connectivity index (χ4n) is 0.676. The first-order chi connectivity index (χ1) is 5.66. The van der Waals surface area contributed by atoms with Gasteiger partial charge in [-0.05, 0) is 12.1 Å². The lowest BCUT2D eigenvalue weighted by Crippen LogP contribution is -1.77. The molecule has 0 aliphatic carbocycles. The number of phenolic OH excluding ortho intramolecular Hbond substituents is 1. The summed E-state index contributed by atoms with van der Waals surface area (Å²) >= 11 is 12.5. The highest BCUT2D eigenvalue weighted by molar-refractivity contribution is 7.94. The Morgan fingerprint density at radius 3 is 2.58 bits per heavy atom. The first-order valence-corrected chi connectivity index (χ1v) is 4.54. The SMILES string of the molecule is COSc1ccc(O)c(Cl)c1Cl. The summed E-state index contributed by atoms with van der Waals surface area (Å²) in [6.45, 7) is 0. The number of phenols is 1. The van der Waals surface area contributed by atoms with E-state index in [0.29, 0.717) is 9.92 Å². The van der Waals surface area contributed by atoms with Crippen LogP contribution in [0.5, 0.6) is 5.75 Å². The molecule has 0 saturated carbocycles. The minimum atomic E-state index is -0.0258. The Bertz CT molecular complexity index is 291. The van der Waals surface area contributed by atoms with Crippen molar-refractivity contribution < 1.29 is 9.29 Å². The molecule has 0 atom stereocenters. The van der Waals surface area contributed by atoms with Gasteiger partial charge in [0.25, 0.3) is 0 Å². The second-order valence-electron chi connectivity index (χ2n) is 1.96. The van der Waals surface area contributed by atoms with Crippen LogP contribution in [0, 0.1) is 0 Å². The summed E-state index contributed by atoms with van der Waals surface area (Å²) in [6.07, 6.45) is 0. The van der Waals surface area contributed by atoms with Crippen LogP contribution < -0.4 is 0 Å². The van der Waals surface area contributed by atoms with E-state index in [2.05, 4.69) is 0 Å². The maximum Gasteiger partial charge on any atom is 0.135 e. The summed E-state index contributed by atoms with van der Waals surface area (Å²) in [6, 6.07) is 3.10. The number of benzene rings is 1. The molecule has 0 aliphatic heterocycles. The van der Waals surface area contributed by atoms with Gasteiger partial charge in [-0.1, -0.05) is 23.2 Å². The highest BCUT2D eigenvalue weighted by Gasteiger charge is 2.09. The third-order valence-corrected chi connectivity index (χ3v) is 2.87. The zero-order valence-electron chi connectivity index (χ0n) is 6.17. The average Bonchev–Trinajstić information content (AvgIpc) is 2.07. The van der Waals surface area contributed by atoms with Crippen LogP contribution in [-0.4, -0.2) is 12.2 Å². The molecule has 0 radical (unpaired) electrons. The van der Waals surface area contributed by atoms with Crippen molar-refractivity contribution in [3.8, 4) is 5.75 Å². The van der Waals surface area contributed by atoms with Crippen molar-refractivity contribution >= 4 is 35.2 Å². The molecule has 1 aromatic rings. The van der Waals surface area contributed by atoms with Crippen LogP contribution in [0.3, 0.4) is 0 Å². The van der Waals surface area contributed by atoms with E-state index in [9.17, 15) is 0 Å². The van der Waals surface area contributed by atoms with Gasteiger partial charge in [-0.3, -0.25) is 0 Å². The van der Waals surface area contributed by atoms with Gasteiger partial charge in [-0.2, -0.15) is 0 Å². The average molecular weight is 225 g/mol. The van der Waals surface area contributed by atoms with E-state index in [-0.39, 0.29) is 10.8 Å². The molecular formula is C7H6Cl2O2S. The number of halogens is 2. The molecule has 0 spiro atoms. The minimum absolute atomic E-state index is 0.0258. The Balaban J connectivity index is 3.08. The van der Waals surface area contributed by atoms with Crippen LogP contribution in [0.4, 0.5) is 0 Å². The summed E-state index contributed by atoms with van der Waals surface area (Å²) in [5.41, 5.74) is 0. The van der Waals surface area contributed by atoms with Crippen molar-refractivity contribution in [1.82, 2.24) is 0 Å². The van der Waals surface area contributed by atoms with Crippen LogP contribution in [0.15, 0.2) is 17.0 Å². The zero-order chi connectivity index (χ0) is 9.14. The largest absolute Gasteiger partial charge is 0.506 e. The van der Waals surface area contributed by atoms with Gasteiger partial charge in [-0.25, -0.2) is 0 Å². The van der Waals surface area contributed by atoms with E-state index in [0.717, 1.165) is 12.0 Å². The number of hydrogen-bond donors (Lipinski definition) is 1. The normalized spacial score (nSPS) is 10.2.